The molecule has 0 fully saturated rings. The zero-order valence-electron chi connectivity index (χ0n) is 9.85. The Kier molecular flexibility index (Phi) is 4.29. The summed E-state index contributed by atoms with van der Waals surface area (Å²) in [4.78, 5) is 0. The number of aromatic amines is 1. The van der Waals surface area contributed by atoms with Crippen LogP contribution in [-0.2, 0) is 6.42 Å². The van der Waals surface area contributed by atoms with E-state index in [0.717, 1.165) is 21.5 Å². The van der Waals surface area contributed by atoms with Crippen LogP contribution in [0.15, 0.2) is 28.9 Å². The second-order valence-corrected chi connectivity index (χ2v) is 4.69. The summed E-state index contributed by atoms with van der Waals surface area (Å²) in [5, 5.41) is 10.4. The molecule has 0 saturated heterocycles. The average Bonchev–Trinajstić information content (AvgIpc) is 2.90. The normalized spacial score (nSPS) is 12.4. The molecule has 0 saturated carbocycles. The van der Waals surface area contributed by atoms with Crippen LogP contribution in [-0.4, -0.2) is 22.5 Å². The third kappa shape index (κ3) is 2.87. The van der Waals surface area contributed by atoms with Crippen molar-refractivity contribution in [3.8, 4) is 5.75 Å². The highest BCUT2D eigenvalue weighted by atomic mass is 79.9. The predicted octanol–water partition coefficient (Wildman–Crippen LogP) is 1.32. The van der Waals surface area contributed by atoms with Crippen molar-refractivity contribution in [3.63, 3.8) is 0 Å². The van der Waals surface area contributed by atoms with E-state index in [1.807, 2.05) is 18.2 Å². The van der Waals surface area contributed by atoms with Crippen LogP contribution in [0.2, 0.25) is 0 Å². The SMILES string of the molecule is COc1ccc(Br)cc1CC(NN)c1cn[nH]n1. The fourth-order valence-corrected chi connectivity index (χ4v) is 2.16. The number of rotatable bonds is 5. The summed E-state index contributed by atoms with van der Waals surface area (Å²) in [6.45, 7) is 0. The van der Waals surface area contributed by atoms with Crippen molar-refractivity contribution in [2.45, 2.75) is 12.5 Å². The van der Waals surface area contributed by atoms with E-state index in [0.29, 0.717) is 6.42 Å². The fraction of sp³-hybridized carbons (Fsp3) is 0.273. The van der Waals surface area contributed by atoms with E-state index >= 15 is 0 Å². The van der Waals surface area contributed by atoms with E-state index in [4.69, 9.17) is 10.6 Å². The Labute approximate surface area is 113 Å². The van der Waals surface area contributed by atoms with E-state index < -0.39 is 0 Å². The Morgan fingerprint density at radius 3 is 3.00 bits per heavy atom. The minimum Gasteiger partial charge on any atom is -0.496 e. The van der Waals surface area contributed by atoms with Gasteiger partial charge in [-0.25, -0.2) is 0 Å². The van der Waals surface area contributed by atoms with Crippen LogP contribution in [0.1, 0.15) is 17.3 Å². The van der Waals surface area contributed by atoms with E-state index in [1.54, 1.807) is 13.3 Å². The molecule has 0 aliphatic rings. The number of nitrogens with two attached hydrogens (primary N) is 1. The van der Waals surface area contributed by atoms with Gasteiger partial charge in [0, 0.05) is 4.47 Å². The van der Waals surface area contributed by atoms with Gasteiger partial charge in [0.05, 0.1) is 19.3 Å². The van der Waals surface area contributed by atoms with Crippen molar-refractivity contribution in [2.24, 2.45) is 5.84 Å². The molecule has 4 N–H and O–H groups in total. The third-order valence-corrected chi connectivity index (χ3v) is 3.15. The lowest BCUT2D eigenvalue weighted by atomic mass is 10.0. The maximum Gasteiger partial charge on any atom is 0.122 e. The average molecular weight is 312 g/mol. The highest BCUT2D eigenvalue weighted by Gasteiger charge is 2.16. The molecule has 6 nitrogen and oxygen atoms in total. The number of hydrogen-bond donors (Lipinski definition) is 3. The largest absolute Gasteiger partial charge is 0.496 e. The fourth-order valence-electron chi connectivity index (χ4n) is 1.75. The summed E-state index contributed by atoms with van der Waals surface area (Å²) >= 11 is 3.44. The molecule has 2 aromatic rings. The summed E-state index contributed by atoms with van der Waals surface area (Å²) in [5.41, 5.74) is 4.53. The van der Waals surface area contributed by atoms with Gasteiger partial charge in [-0.1, -0.05) is 15.9 Å². The number of halogens is 1. The Morgan fingerprint density at radius 1 is 1.56 bits per heavy atom. The van der Waals surface area contributed by atoms with Crippen LogP contribution < -0.4 is 16.0 Å². The molecule has 1 unspecified atom stereocenters. The van der Waals surface area contributed by atoms with Gasteiger partial charge in [0.25, 0.3) is 0 Å². The van der Waals surface area contributed by atoms with Gasteiger partial charge in [0.1, 0.15) is 11.4 Å². The molecule has 0 bridgehead atoms. The molecule has 1 heterocycles. The second kappa shape index (κ2) is 5.94. The van der Waals surface area contributed by atoms with Crippen molar-refractivity contribution in [2.75, 3.05) is 7.11 Å². The lowest BCUT2D eigenvalue weighted by Gasteiger charge is -2.15. The summed E-state index contributed by atoms with van der Waals surface area (Å²) in [7, 11) is 1.65. The highest BCUT2D eigenvalue weighted by molar-refractivity contribution is 9.10. The number of nitrogens with zero attached hydrogens (tertiary/aromatic N) is 2. The predicted molar refractivity (Wildman–Crippen MR) is 70.8 cm³/mol. The third-order valence-electron chi connectivity index (χ3n) is 2.66. The Balaban J connectivity index is 2.24. The minimum absolute atomic E-state index is 0.119. The lowest BCUT2D eigenvalue weighted by molar-refractivity contribution is 0.405. The van der Waals surface area contributed by atoms with E-state index in [-0.39, 0.29) is 6.04 Å². The van der Waals surface area contributed by atoms with Crippen LogP contribution in [0.4, 0.5) is 0 Å². The Hall–Kier alpha value is -1.44. The number of aromatic nitrogens is 3. The van der Waals surface area contributed by atoms with E-state index in [2.05, 4.69) is 36.8 Å². The van der Waals surface area contributed by atoms with Crippen LogP contribution in [0.5, 0.6) is 5.75 Å². The second-order valence-electron chi connectivity index (χ2n) is 3.77. The number of hydrazine groups is 1. The standard InChI is InChI=1S/C11H14BrN5O/c1-18-11-3-2-8(12)4-7(11)5-9(15-13)10-6-14-17-16-10/h2-4,6,9,15H,5,13H2,1H3,(H,14,16,17). The molecule has 7 heteroatoms. The number of methoxy groups -OCH3 is 1. The van der Waals surface area contributed by atoms with Crippen LogP contribution in [0, 0.1) is 0 Å². The summed E-state index contributed by atoms with van der Waals surface area (Å²) in [6, 6.07) is 5.73. The summed E-state index contributed by atoms with van der Waals surface area (Å²) < 4.78 is 6.32. The van der Waals surface area contributed by atoms with Crippen LogP contribution in [0.3, 0.4) is 0 Å². The zero-order chi connectivity index (χ0) is 13.0. The maximum absolute atomic E-state index is 5.56. The summed E-state index contributed by atoms with van der Waals surface area (Å²) in [5.74, 6) is 6.38. The molecule has 0 amide bonds. The molecule has 1 atom stereocenters. The van der Waals surface area contributed by atoms with Crippen molar-refractivity contribution in [1.82, 2.24) is 20.8 Å². The first-order valence-electron chi connectivity index (χ1n) is 5.38. The van der Waals surface area contributed by atoms with Gasteiger partial charge >= 0.3 is 0 Å². The molecule has 18 heavy (non-hydrogen) atoms. The van der Waals surface area contributed by atoms with Crippen molar-refractivity contribution in [1.29, 1.82) is 0 Å². The first-order chi connectivity index (χ1) is 8.74. The molecule has 0 aliphatic heterocycles. The quantitative estimate of drug-likeness (QED) is 0.572. The maximum atomic E-state index is 5.56. The van der Waals surface area contributed by atoms with Gasteiger partial charge in [-0.3, -0.25) is 11.3 Å². The molecule has 1 aromatic heterocycles. The van der Waals surface area contributed by atoms with Gasteiger partial charge in [0.15, 0.2) is 0 Å². The first kappa shape index (κ1) is 13.0. The molecule has 0 spiro atoms. The van der Waals surface area contributed by atoms with Gasteiger partial charge in [-0.15, -0.1) is 0 Å². The Morgan fingerprint density at radius 2 is 2.39 bits per heavy atom. The number of benzene rings is 1. The molecule has 1 aromatic carbocycles. The minimum atomic E-state index is -0.119. The van der Waals surface area contributed by atoms with Crippen molar-refractivity contribution in [3.05, 3.63) is 40.1 Å². The molecule has 0 radical (unpaired) electrons. The van der Waals surface area contributed by atoms with E-state index in [1.165, 1.54) is 0 Å². The topological polar surface area (TPSA) is 88.9 Å². The monoisotopic (exact) mass is 311 g/mol. The molecular weight excluding hydrogens is 298 g/mol. The number of nitrogens with one attached hydrogen (secondary N) is 2. The van der Waals surface area contributed by atoms with E-state index in [9.17, 15) is 0 Å². The molecule has 0 aliphatic carbocycles. The first-order valence-corrected chi connectivity index (χ1v) is 6.18. The van der Waals surface area contributed by atoms with Crippen molar-refractivity contribution < 1.29 is 4.74 Å². The van der Waals surface area contributed by atoms with Crippen LogP contribution >= 0.6 is 15.9 Å². The smallest absolute Gasteiger partial charge is 0.122 e. The van der Waals surface area contributed by atoms with Crippen molar-refractivity contribution >= 4 is 15.9 Å². The molecule has 96 valence electrons. The molecular formula is C11H14BrN5O. The number of H-pyrrole nitrogens is 1. The highest BCUT2D eigenvalue weighted by Crippen LogP contribution is 2.26. The Bertz CT molecular complexity index is 502. The number of hydrogen-bond acceptors (Lipinski definition) is 5. The molecule has 2 rings (SSSR count). The zero-order valence-corrected chi connectivity index (χ0v) is 11.4. The van der Waals surface area contributed by atoms with Crippen LogP contribution in [0.25, 0.3) is 0 Å². The van der Waals surface area contributed by atoms with Gasteiger partial charge in [-0.2, -0.15) is 15.4 Å². The van der Waals surface area contributed by atoms with Gasteiger partial charge in [-0.05, 0) is 30.2 Å². The number of ether oxygens (including phenoxy) is 1. The summed E-state index contributed by atoms with van der Waals surface area (Å²) in [6.07, 6.45) is 2.31. The van der Waals surface area contributed by atoms with Gasteiger partial charge in [0.2, 0.25) is 0 Å². The lowest BCUT2D eigenvalue weighted by Crippen LogP contribution is -2.30. The van der Waals surface area contributed by atoms with Gasteiger partial charge < -0.3 is 4.74 Å².